The van der Waals surface area contributed by atoms with Gasteiger partial charge in [-0.15, -0.1) is 0 Å². The Hall–Kier alpha value is -3.25. The number of nitrogens with zero attached hydrogens (tertiary/aromatic N) is 1. The minimum Gasteiger partial charge on any atom is -0.456 e. The van der Waals surface area contributed by atoms with Crippen molar-refractivity contribution in [3.63, 3.8) is 0 Å². The van der Waals surface area contributed by atoms with Crippen molar-refractivity contribution in [1.29, 1.82) is 5.26 Å². The summed E-state index contributed by atoms with van der Waals surface area (Å²) in [6, 6.07) is 19.9. The second-order valence-corrected chi connectivity index (χ2v) is 6.81. The van der Waals surface area contributed by atoms with Crippen LogP contribution in [0.1, 0.15) is 27.8 Å². The van der Waals surface area contributed by atoms with Gasteiger partial charge in [0.05, 0.1) is 0 Å². The molecular formula is C23H17NO2. The van der Waals surface area contributed by atoms with Gasteiger partial charge >= 0.3 is 0 Å². The predicted octanol–water partition coefficient (Wildman–Crippen LogP) is 5.34. The van der Waals surface area contributed by atoms with E-state index >= 15 is 0 Å². The SMILES string of the molecule is N#Cc1c(Oc2ccc3c(c2)CC3)cccc1Oc1ccc2c(c1)CC2. The largest absolute Gasteiger partial charge is 0.456 e. The number of rotatable bonds is 4. The van der Waals surface area contributed by atoms with E-state index in [9.17, 15) is 5.26 Å². The van der Waals surface area contributed by atoms with E-state index in [2.05, 4.69) is 30.3 Å². The van der Waals surface area contributed by atoms with Gasteiger partial charge in [-0.25, -0.2) is 0 Å². The third-order valence-electron chi connectivity index (χ3n) is 5.24. The molecule has 26 heavy (non-hydrogen) atoms. The second kappa shape index (κ2) is 5.93. The number of hydrogen-bond donors (Lipinski definition) is 0. The molecule has 2 aliphatic carbocycles. The molecular weight excluding hydrogens is 322 g/mol. The number of hydrogen-bond acceptors (Lipinski definition) is 3. The highest BCUT2D eigenvalue weighted by Crippen LogP contribution is 2.36. The van der Waals surface area contributed by atoms with Gasteiger partial charge in [0, 0.05) is 0 Å². The number of fused-ring (bicyclic) bond motifs is 2. The van der Waals surface area contributed by atoms with Gasteiger partial charge in [-0.2, -0.15) is 5.26 Å². The van der Waals surface area contributed by atoms with E-state index < -0.39 is 0 Å². The standard InChI is InChI=1S/C23H17NO2/c24-14-21-22(25-19-10-8-15-4-6-17(15)12-19)2-1-3-23(21)26-20-11-9-16-5-7-18(16)13-20/h1-3,8-13H,4-7H2. The van der Waals surface area contributed by atoms with Crippen LogP contribution in [0.4, 0.5) is 0 Å². The molecule has 0 amide bonds. The summed E-state index contributed by atoms with van der Waals surface area (Å²) in [5.41, 5.74) is 5.84. The smallest absolute Gasteiger partial charge is 0.149 e. The maximum atomic E-state index is 9.67. The molecule has 0 aromatic heterocycles. The number of aryl methyl sites for hydroxylation is 4. The molecule has 3 aromatic rings. The van der Waals surface area contributed by atoms with Crippen LogP contribution in [0.2, 0.25) is 0 Å². The Morgan fingerprint density at radius 1 is 0.654 bits per heavy atom. The molecule has 0 heterocycles. The third-order valence-corrected chi connectivity index (χ3v) is 5.24. The molecule has 0 bridgehead atoms. The third kappa shape index (κ3) is 2.51. The van der Waals surface area contributed by atoms with E-state index in [1.807, 2.05) is 30.3 Å². The Bertz CT molecular complexity index is 987. The molecule has 0 fully saturated rings. The first-order chi connectivity index (χ1) is 12.8. The zero-order valence-electron chi connectivity index (χ0n) is 14.3. The molecule has 0 spiro atoms. The molecule has 5 rings (SSSR count). The highest BCUT2D eigenvalue weighted by molar-refractivity contribution is 5.56. The minimum atomic E-state index is 0.415. The molecule has 3 nitrogen and oxygen atoms in total. The zero-order chi connectivity index (χ0) is 17.5. The summed E-state index contributed by atoms with van der Waals surface area (Å²) >= 11 is 0. The lowest BCUT2D eigenvalue weighted by molar-refractivity contribution is 0.456. The van der Waals surface area contributed by atoms with Gasteiger partial charge in [0.25, 0.3) is 0 Å². The molecule has 0 unspecified atom stereocenters. The van der Waals surface area contributed by atoms with E-state index in [0.29, 0.717) is 17.1 Å². The Labute approximate surface area is 152 Å². The highest BCUT2D eigenvalue weighted by Gasteiger charge is 2.17. The number of nitriles is 1. The molecule has 2 aliphatic rings. The summed E-state index contributed by atoms with van der Waals surface area (Å²) in [5.74, 6) is 2.57. The summed E-state index contributed by atoms with van der Waals surface area (Å²) in [4.78, 5) is 0. The quantitative estimate of drug-likeness (QED) is 0.644. The summed E-state index contributed by atoms with van der Waals surface area (Å²) in [6.07, 6.45) is 4.48. The Morgan fingerprint density at radius 2 is 1.15 bits per heavy atom. The van der Waals surface area contributed by atoms with E-state index in [4.69, 9.17) is 9.47 Å². The maximum absolute atomic E-state index is 9.67. The maximum Gasteiger partial charge on any atom is 0.149 e. The number of ether oxygens (including phenoxy) is 2. The van der Waals surface area contributed by atoms with Gasteiger partial charge < -0.3 is 9.47 Å². The molecule has 0 aliphatic heterocycles. The van der Waals surface area contributed by atoms with Crippen LogP contribution in [0.3, 0.4) is 0 Å². The van der Waals surface area contributed by atoms with Crippen molar-refractivity contribution in [2.45, 2.75) is 25.7 Å². The Balaban J connectivity index is 1.44. The van der Waals surface area contributed by atoms with Gasteiger partial charge in [0.1, 0.15) is 34.6 Å². The number of benzene rings is 3. The first kappa shape index (κ1) is 15.0. The average Bonchev–Trinajstić information content (AvgIpc) is 2.60. The molecule has 3 heteroatoms. The minimum absolute atomic E-state index is 0.415. The van der Waals surface area contributed by atoms with Crippen molar-refractivity contribution >= 4 is 0 Å². The van der Waals surface area contributed by atoms with E-state index in [0.717, 1.165) is 37.2 Å². The van der Waals surface area contributed by atoms with E-state index in [1.165, 1.54) is 22.3 Å². The fourth-order valence-corrected chi connectivity index (χ4v) is 3.52. The molecule has 126 valence electrons. The van der Waals surface area contributed by atoms with Crippen LogP contribution in [0.25, 0.3) is 0 Å². The van der Waals surface area contributed by atoms with Gasteiger partial charge in [-0.3, -0.25) is 0 Å². The molecule has 0 saturated carbocycles. The lowest BCUT2D eigenvalue weighted by Gasteiger charge is -2.20. The lowest BCUT2D eigenvalue weighted by atomic mass is 9.89. The van der Waals surface area contributed by atoms with Crippen LogP contribution in [0.5, 0.6) is 23.0 Å². The van der Waals surface area contributed by atoms with Gasteiger partial charge in [-0.1, -0.05) is 18.2 Å². The van der Waals surface area contributed by atoms with Crippen LogP contribution in [0, 0.1) is 11.3 Å². The fourth-order valence-electron chi connectivity index (χ4n) is 3.52. The first-order valence-electron chi connectivity index (χ1n) is 8.92. The summed E-state index contributed by atoms with van der Waals surface area (Å²) in [7, 11) is 0. The molecule has 0 N–H and O–H groups in total. The molecule has 0 radical (unpaired) electrons. The normalized spacial score (nSPS) is 13.5. The average molecular weight is 339 g/mol. The van der Waals surface area contributed by atoms with Crippen molar-refractivity contribution in [3.05, 3.63) is 82.4 Å². The van der Waals surface area contributed by atoms with Crippen molar-refractivity contribution in [1.82, 2.24) is 0 Å². The van der Waals surface area contributed by atoms with Crippen LogP contribution >= 0.6 is 0 Å². The van der Waals surface area contributed by atoms with E-state index in [-0.39, 0.29) is 0 Å². The fraction of sp³-hybridized carbons (Fsp3) is 0.174. The summed E-state index contributed by atoms with van der Waals surface area (Å²) in [6.45, 7) is 0. The van der Waals surface area contributed by atoms with Crippen LogP contribution < -0.4 is 9.47 Å². The van der Waals surface area contributed by atoms with Crippen molar-refractivity contribution in [2.24, 2.45) is 0 Å². The van der Waals surface area contributed by atoms with Crippen LogP contribution in [-0.4, -0.2) is 0 Å². The topological polar surface area (TPSA) is 42.2 Å². The monoisotopic (exact) mass is 339 g/mol. The summed E-state index contributed by atoms with van der Waals surface area (Å²) < 4.78 is 12.0. The van der Waals surface area contributed by atoms with Crippen LogP contribution in [0.15, 0.2) is 54.6 Å². The highest BCUT2D eigenvalue weighted by atomic mass is 16.5. The van der Waals surface area contributed by atoms with Gasteiger partial charge in [0.2, 0.25) is 0 Å². The summed E-state index contributed by atoms with van der Waals surface area (Å²) in [5, 5.41) is 9.67. The Morgan fingerprint density at radius 3 is 1.54 bits per heavy atom. The molecule has 0 atom stereocenters. The van der Waals surface area contributed by atoms with Crippen molar-refractivity contribution in [2.75, 3.05) is 0 Å². The predicted molar refractivity (Wildman–Crippen MR) is 99.0 cm³/mol. The van der Waals surface area contributed by atoms with Crippen molar-refractivity contribution < 1.29 is 9.47 Å². The first-order valence-corrected chi connectivity index (χ1v) is 8.92. The lowest BCUT2D eigenvalue weighted by Crippen LogP contribution is -2.07. The molecule has 3 aromatic carbocycles. The zero-order valence-corrected chi connectivity index (χ0v) is 14.3. The van der Waals surface area contributed by atoms with Gasteiger partial charge in [0.15, 0.2) is 0 Å². The molecule has 0 saturated heterocycles. The van der Waals surface area contributed by atoms with E-state index in [1.54, 1.807) is 0 Å². The van der Waals surface area contributed by atoms with Crippen LogP contribution in [-0.2, 0) is 25.7 Å². The van der Waals surface area contributed by atoms with Gasteiger partial charge in [-0.05, 0) is 84.3 Å². The second-order valence-electron chi connectivity index (χ2n) is 6.81. The Kier molecular flexibility index (Phi) is 3.43. The van der Waals surface area contributed by atoms with Crippen molar-refractivity contribution in [3.8, 4) is 29.1 Å².